The Morgan fingerprint density at radius 2 is 1.85 bits per heavy atom. The molecule has 0 aromatic carbocycles. The van der Waals surface area contributed by atoms with Gasteiger partial charge in [0, 0.05) is 24.4 Å². The topological polar surface area (TPSA) is 101 Å². The van der Waals surface area contributed by atoms with E-state index < -0.39 is 16.1 Å². The Kier molecular flexibility index (Phi) is 5.58. The highest BCUT2D eigenvalue weighted by Gasteiger charge is 2.16. The summed E-state index contributed by atoms with van der Waals surface area (Å²) in [4.78, 5) is 20.2. The largest absolute Gasteiger partial charge is 0.354 e. The van der Waals surface area contributed by atoms with E-state index in [4.69, 9.17) is 0 Å². The van der Waals surface area contributed by atoms with Crippen LogP contribution < -0.4 is 10.0 Å². The number of hydrogen-bond donors (Lipinski definition) is 2. The molecule has 112 valence electrons. The fraction of sp³-hybridized carbons (Fsp3) is 0.583. The molecule has 1 aromatic rings. The highest BCUT2D eigenvalue weighted by Crippen LogP contribution is 1.99. The first-order valence-corrected chi connectivity index (χ1v) is 8.12. The average Bonchev–Trinajstić information content (AvgIpc) is 2.25. The maximum atomic E-state index is 11.7. The standard InChI is InChI=1S/C12H20N4O3S/c1-8-7-9(2)15-11(14-8)5-6-13-12(17)10(3)16-20(4,18)19/h7,10,16H,5-6H2,1-4H3,(H,13,17). The summed E-state index contributed by atoms with van der Waals surface area (Å²) in [5.41, 5.74) is 1.76. The lowest BCUT2D eigenvalue weighted by Crippen LogP contribution is -2.44. The van der Waals surface area contributed by atoms with E-state index >= 15 is 0 Å². The summed E-state index contributed by atoms with van der Waals surface area (Å²) in [6, 6.07) is 1.07. The van der Waals surface area contributed by atoms with Gasteiger partial charge in [-0.25, -0.2) is 23.1 Å². The van der Waals surface area contributed by atoms with Crippen molar-refractivity contribution in [3.8, 4) is 0 Å². The van der Waals surface area contributed by atoms with E-state index in [1.807, 2.05) is 19.9 Å². The second-order valence-corrected chi connectivity index (χ2v) is 6.50. The van der Waals surface area contributed by atoms with Crippen molar-refractivity contribution in [2.45, 2.75) is 33.2 Å². The molecule has 20 heavy (non-hydrogen) atoms. The first kappa shape index (κ1) is 16.5. The summed E-state index contributed by atoms with van der Waals surface area (Å²) < 4.78 is 24.2. The van der Waals surface area contributed by atoms with Crippen LogP contribution in [-0.2, 0) is 21.2 Å². The molecule has 0 fully saturated rings. The molecule has 0 spiro atoms. The van der Waals surface area contributed by atoms with Crippen molar-refractivity contribution in [2.24, 2.45) is 0 Å². The van der Waals surface area contributed by atoms with Crippen molar-refractivity contribution in [3.63, 3.8) is 0 Å². The van der Waals surface area contributed by atoms with Gasteiger partial charge in [-0.05, 0) is 26.8 Å². The first-order chi connectivity index (χ1) is 9.17. The lowest BCUT2D eigenvalue weighted by Gasteiger charge is -2.12. The molecule has 0 saturated heterocycles. The second-order valence-electron chi connectivity index (χ2n) is 4.72. The van der Waals surface area contributed by atoms with E-state index in [0.29, 0.717) is 18.8 Å². The van der Waals surface area contributed by atoms with Crippen LogP contribution in [0, 0.1) is 13.8 Å². The lowest BCUT2D eigenvalue weighted by molar-refractivity contribution is -0.122. The number of nitrogens with zero attached hydrogens (tertiary/aromatic N) is 2. The molecule has 1 amide bonds. The van der Waals surface area contributed by atoms with Gasteiger partial charge in [0.2, 0.25) is 15.9 Å². The smallest absolute Gasteiger partial charge is 0.237 e. The maximum absolute atomic E-state index is 11.7. The number of amides is 1. The third-order valence-electron chi connectivity index (χ3n) is 2.46. The maximum Gasteiger partial charge on any atom is 0.237 e. The molecule has 0 aliphatic rings. The number of hydrogen-bond acceptors (Lipinski definition) is 5. The van der Waals surface area contributed by atoms with Crippen LogP contribution in [0.25, 0.3) is 0 Å². The Hall–Kier alpha value is -1.54. The molecular formula is C12H20N4O3S. The van der Waals surface area contributed by atoms with Crippen molar-refractivity contribution >= 4 is 15.9 Å². The zero-order chi connectivity index (χ0) is 15.3. The van der Waals surface area contributed by atoms with Gasteiger partial charge in [0.1, 0.15) is 5.82 Å². The van der Waals surface area contributed by atoms with Crippen molar-refractivity contribution in [1.29, 1.82) is 0 Å². The number of nitrogens with one attached hydrogen (secondary N) is 2. The van der Waals surface area contributed by atoms with Crippen LogP contribution >= 0.6 is 0 Å². The van der Waals surface area contributed by atoms with Crippen molar-refractivity contribution in [1.82, 2.24) is 20.0 Å². The monoisotopic (exact) mass is 300 g/mol. The molecule has 7 nitrogen and oxygen atoms in total. The van der Waals surface area contributed by atoms with Gasteiger partial charge in [-0.1, -0.05) is 0 Å². The fourth-order valence-corrected chi connectivity index (χ4v) is 2.49. The summed E-state index contributed by atoms with van der Waals surface area (Å²) in [7, 11) is -3.39. The predicted molar refractivity (Wildman–Crippen MR) is 75.7 cm³/mol. The molecule has 1 atom stereocenters. The van der Waals surface area contributed by atoms with Gasteiger partial charge in [-0.2, -0.15) is 0 Å². The van der Waals surface area contributed by atoms with Crippen molar-refractivity contribution < 1.29 is 13.2 Å². The third-order valence-corrected chi connectivity index (χ3v) is 3.24. The minimum absolute atomic E-state index is 0.359. The zero-order valence-electron chi connectivity index (χ0n) is 12.1. The first-order valence-electron chi connectivity index (χ1n) is 6.23. The Labute approximate surface area is 119 Å². The normalized spacial score (nSPS) is 13.0. The van der Waals surface area contributed by atoms with Crippen LogP contribution in [-0.4, -0.2) is 43.1 Å². The van der Waals surface area contributed by atoms with Gasteiger partial charge in [-0.15, -0.1) is 0 Å². The SMILES string of the molecule is Cc1cc(C)nc(CCNC(=O)C(C)NS(C)(=O)=O)n1. The molecular weight excluding hydrogens is 280 g/mol. The van der Waals surface area contributed by atoms with Gasteiger partial charge < -0.3 is 5.32 Å². The third kappa shape index (κ3) is 6.07. The molecule has 1 heterocycles. The minimum atomic E-state index is -3.39. The summed E-state index contributed by atoms with van der Waals surface area (Å²) >= 11 is 0. The van der Waals surface area contributed by atoms with Gasteiger partial charge in [0.25, 0.3) is 0 Å². The Morgan fingerprint density at radius 3 is 2.35 bits per heavy atom. The molecule has 1 unspecified atom stereocenters. The Bertz CT molecular complexity index is 566. The minimum Gasteiger partial charge on any atom is -0.354 e. The Balaban J connectivity index is 2.46. The molecule has 0 radical (unpaired) electrons. The summed E-state index contributed by atoms with van der Waals surface area (Å²) in [5, 5.41) is 2.65. The average molecular weight is 300 g/mol. The van der Waals surface area contributed by atoms with E-state index in [-0.39, 0.29) is 5.91 Å². The zero-order valence-corrected chi connectivity index (χ0v) is 12.9. The highest BCUT2D eigenvalue weighted by molar-refractivity contribution is 7.88. The predicted octanol–water partition coefficient (Wildman–Crippen LogP) is -0.310. The molecule has 0 aliphatic heterocycles. The molecule has 0 saturated carbocycles. The van der Waals surface area contributed by atoms with E-state index in [9.17, 15) is 13.2 Å². The van der Waals surface area contributed by atoms with Crippen LogP contribution in [0.2, 0.25) is 0 Å². The van der Waals surface area contributed by atoms with E-state index in [2.05, 4.69) is 20.0 Å². The van der Waals surface area contributed by atoms with Crippen LogP contribution in [0.3, 0.4) is 0 Å². The highest BCUT2D eigenvalue weighted by atomic mass is 32.2. The van der Waals surface area contributed by atoms with Crippen LogP contribution in [0.1, 0.15) is 24.1 Å². The summed E-state index contributed by atoms with van der Waals surface area (Å²) in [6.45, 7) is 5.62. The number of aromatic nitrogens is 2. The van der Waals surface area contributed by atoms with Crippen LogP contribution in [0.4, 0.5) is 0 Å². The number of sulfonamides is 1. The Morgan fingerprint density at radius 1 is 1.30 bits per heavy atom. The molecule has 0 aliphatic carbocycles. The quantitative estimate of drug-likeness (QED) is 0.750. The van der Waals surface area contributed by atoms with Crippen LogP contribution in [0.15, 0.2) is 6.07 Å². The molecule has 1 rings (SSSR count). The number of rotatable bonds is 6. The van der Waals surface area contributed by atoms with E-state index in [0.717, 1.165) is 17.6 Å². The lowest BCUT2D eigenvalue weighted by atomic mass is 10.3. The van der Waals surface area contributed by atoms with Gasteiger partial charge in [-0.3, -0.25) is 4.79 Å². The van der Waals surface area contributed by atoms with Gasteiger partial charge >= 0.3 is 0 Å². The van der Waals surface area contributed by atoms with Crippen molar-refractivity contribution in [3.05, 3.63) is 23.3 Å². The molecule has 0 bridgehead atoms. The van der Waals surface area contributed by atoms with Gasteiger partial charge in [0.05, 0.1) is 12.3 Å². The van der Waals surface area contributed by atoms with Gasteiger partial charge in [0.15, 0.2) is 0 Å². The van der Waals surface area contributed by atoms with Crippen molar-refractivity contribution in [2.75, 3.05) is 12.8 Å². The summed E-state index contributed by atoms with van der Waals surface area (Å²) in [5.74, 6) is 0.284. The van der Waals surface area contributed by atoms with Crippen LogP contribution in [0.5, 0.6) is 0 Å². The molecule has 1 aromatic heterocycles. The fourth-order valence-electron chi connectivity index (χ4n) is 1.74. The summed E-state index contributed by atoms with van der Waals surface area (Å²) in [6.07, 6.45) is 1.51. The molecule has 2 N–H and O–H groups in total. The number of carbonyl (C=O) groups excluding carboxylic acids is 1. The number of carbonyl (C=O) groups is 1. The molecule has 8 heteroatoms. The van der Waals surface area contributed by atoms with E-state index in [1.54, 1.807) is 0 Å². The number of aryl methyl sites for hydroxylation is 2. The van der Waals surface area contributed by atoms with E-state index in [1.165, 1.54) is 6.92 Å². The second kappa shape index (κ2) is 6.76.